The smallest absolute Gasteiger partial charge is 0.314 e. The Kier molecular flexibility index (Phi) is 7.71. The molecule has 0 spiro atoms. The topological polar surface area (TPSA) is 87.7 Å². The number of carboxylic acids is 1. The van der Waals surface area contributed by atoms with Crippen molar-refractivity contribution < 1.29 is 19.4 Å². The molecule has 2 amide bonds. The summed E-state index contributed by atoms with van der Waals surface area (Å²) in [6.07, 6.45) is 1.20. The summed E-state index contributed by atoms with van der Waals surface area (Å²) in [6, 6.07) is 7.48. The predicted octanol–water partition coefficient (Wildman–Crippen LogP) is 1.79. The van der Waals surface area contributed by atoms with E-state index in [1.807, 2.05) is 31.2 Å². The van der Waals surface area contributed by atoms with E-state index in [0.29, 0.717) is 32.5 Å². The Balaban J connectivity index is 2.19. The molecule has 6 nitrogen and oxygen atoms in total. The van der Waals surface area contributed by atoms with Crippen molar-refractivity contribution in [1.29, 1.82) is 0 Å². The van der Waals surface area contributed by atoms with Crippen LogP contribution in [0.2, 0.25) is 0 Å². The van der Waals surface area contributed by atoms with Gasteiger partial charge in [0.25, 0.3) is 0 Å². The molecule has 1 aromatic carbocycles. The van der Waals surface area contributed by atoms with E-state index >= 15 is 0 Å². The highest BCUT2D eigenvalue weighted by molar-refractivity contribution is 5.73. The lowest BCUT2D eigenvalue weighted by Gasteiger charge is -2.08. The molecule has 116 valence electrons. The molecule has 0 aliphatic rings. The third-order valence-electron chi connectivity index (χ3n) is 2.76. The molecule has 1 aromatic rings. The second-order valence-corrected chi connectivity index (χ2v) is 4.51. The Labute approximate surface area is 124 Å². The Bertz CT molecular complexity index is 463. The first-order valence-electron chi connectivity index (χ1n) is 7.07. The number of benzene rings is 1. The summed E-state index contributed by atoms with van der Waals surface area (Å²) in [4.78, 5) is 21.8. The fraction of sp³-hybridized carbons (Fsp3) is 0.467. The van der Waals surface area contributed by atoms with Crippen LogP contribution in [0.5, 0.6) is 5.75 Å². The van der Waals surface area contributed by atoms with Crippen LogP contribution in [0.25, 0.3) is 0 Å². The lowest BCUT2D eigenvalue weighted by Crippen LogP contribution is -2.37. The van der Waals surface area contributed by atoms with Gasteiger partial charge >= 0.3 is 12.0 Å². The fourth-order valence-electron chi connectivity index (χ4n) is 1.78. The molecule has 1 rings (SSSR count). The molecule has 0 saturated heterocycles. The number of amides is 2. The minimum absolute atomic E-state index is 0.0600. The van der Waals surface area contributed by atoms with Crippen molar-refractivity contribution in [3.8, 4) is 5.75 Å². The van der Waals surface area contributed by atoms with Crippen molar-refractivity contribution in [2.75, 3.05) is 19.7 Å². The van der Waals surface area contributed by atoms with E-state index < -0.39 is 5.97 Å². The number of nitrogens with one attached hydrogen (secondary N) is 2. The van der Waals surface area contributed by atoms with Crippen molar-refractivity contribution in [3.05, 3.63) is 29.8 Å². The SMILES string of the molecule is CCOc1cccc(CCNC(=O)NCCCC(=O)O)c1. The van der Waals surface area contributed by atoms with E-state index in [0.717, 1.165) is 11.3 Å². The van der Waals surface area contributed by atoms with Crippen LogP contribution in [0, 0.1) is 0 Å². The van der Waals surface area contributed by atoms with Gasteiger partial charge in [-0.3, -0.25) is 4.79 Å². The van der Waals surface area contributed by atoms with Crippen LogP contribution in [0.4, 0.5) is 4.79 Å². The quantitative estimate of drug-likeness (QED) is 0.606. The number of aliphatic carboxylic acids is 1. The maximum absolute atomic E-state index is 11.5. The third kappa shape index (κ3) is 7.81. The highest BCUT2D eigenvalue weighted by atomic mass is 16.5. The molecule has 0 saturated carbocycles. The van der Waals surface area contributed by atoms with Gasteiger partial charge in [-0.2, -0.15) is 0 Å². The van der Waals surface area contributed by atoms with E-state index in [1.54, 1.807) is 0 Å². The van der Waals surface area contributed by atoms with Crippen LogP contribution in [-0.4, -0.2) is 36.8 Å². The minimum Gasteiger partial charge on any atom is -0.494 e. The fourth-order valence-corrected chi connectivity index (χ4v) is 1.78. The van der Waals surface area contributed by atoms with Crippen LogP contribution in [-0.2, 0) is 11.2 Å². The van der Waals surface area contributed by atoms with Crippen molar-refractivity contribution in [3.63, 3.8) is 0 Å². The lowest BCUT2D eigenvalue weighted by molar-refractivity contribution is -0.137. The molecule has 0 radical (unpaired) electrons. The largest absolute Gasteiger partial charge is 0.494 e. The number of hydrogen-bond donors (Lipinski definition) is 3. The number of carbonyl (C=O) groups is 2. The Morgan fingerprint density at radius 2 is 2.00 bits per heavy atom. The highest BCUT2D eigenvalue weighted by Gasteiger charge is 2.02. The van der Waals surface area contributed by atoms with Crippen LogP contribution < -0.4 is 15.4 Å². The van der Waals surface area contributed by atoms with Crippen LogP contribution in [0.1, 0.15) is 25.3 Å². The molecule has 21 heavy (non-hydrogen) atoms. The summed E-state index contributed by atoms with van der Waals surface area (Å²) >= 11 is 0. The van der Waals surface area contributed by atoms with Crippen LogP contribution in [0.3, 0.4) is 0 Å². The van der Waals surface area contributed by atoms with E-state index in [4.69, 9.17) is 9.84 Å². The molecule has 0 unspecified atom stereocenters. The number of carbonyl (C=O) groups excluding carboxylic acids is 1. The zero-order chi connectivity index (χ0) is 15.5. The Morgan fingerprint density at radius 3 is 2.71 bits per heavy atom. The van der Waals surface area contributed by atoms with Gasteiger partial charge in [-0.1, -0.05) is 12.1 Å². The van der Waals surface area contributed by atoms with E-state index in [-0.39, 0.29) is 12.5 Å². The second kappa shape index (κ2) is 9.63. The van der Waals surface area contributed by atoms with Gasteiger partial charge in [-0.05, 0) is 37.5 Å². The predicted molar refractivity (Wildman–Crippen MR) is 79.6 cm³/mol. The number of ether oxygens (including phenoxy) is 1. The van der Waals surface area contributed by atoms with Gasteiger partial charge in [-0.25, -0.2) is 4.79 Å². The maximum Gasteiger partial charge on any atom is 0.314 e. The number of urea groups is 1. The maximum atomic E-state index is 11.5. The molecule has 6 heteroatoms. The minimum atomic E-state index is -0.855. The molecule has 0 aliphatic heterocycles. The monoisotopic (exact) mass is 294 g/mol. The zero-order valence-corrected chi connectivity index (χ0v) is 12.2. The number of rotatable bonds is 9. The summed E-state index contributed by atoms with van der Waals surface area (Å²) in [7, 11) is 0. The van der Waals surface area contributed by atoms with E-state index in [9.17, 15) is 9.59 Å². The molecule has 0 aliphatic carbocycles. The molecule has 0 bridgehead atoms. The van der Waals surface area contributed by atoms with Crippen molar-refractivity contribution in [2.45, 2.75) is 26.2 Å². The van der Waals surface area contributed by atoms with Gasteiger partial charge in [0.05, 0.1) is 6.61 Å². The normalized spacial score (nSPS) is 9.95. The zero-order valence-electron chi connectivity index (χ0n) is 12.2. The molecule has 0 fully saturated rings. The molecular formula is C15H22N2O4. The lowest BCUT2D eigenvalue weighted by atomic mass is 10.1. The first kappa shape index (κ1) is 16.8. The molecule has 3 N–H and O–H groups in total. The van der Waals surface area contributed by atoms with Gasteiger partial charge < -0.3 is 20.5 Å². The Morgan fingerprint density at radius 1 is 1.24 bits per heavy atom. The molecule has 0 aromatic heterocycles. The van der Waals surface area contributed by atoms with E-state index in [2.05, 4.69) is 10.6 Å². The third-order valence-corrected chi connectivity index (χ3v) is 2.76. The molecule has 0 heterocycles. The average molecular weight is 294 g/mol. The van der Waals surface area contributed by atoms with Gasteiger partial charge in [0.2, 0.25) is 0 Å². The van der Waals surface area contributed by atoms with Gasteiger partial charge in [0.15, 0.2) is 0 Å². The van der Waals surface area contributed by atoms with E-state index in [1.165, 1.54) is 0 Å². The van der Waals surface area contributed by atoms with Crippen LogP contribution >= 0.6 is 0 Å². The first-order chi connectivity index (χ1) is 10.1. The highest BCUT2D eigenvalue weighted by Crippen LogP contribution is 2.13. The molecule has 0 atom stereocenters. The standard InChI is InChI=1S/C15H22N2O4/c1-2-21-13-6-3-5-12(11-13)8-10-17-15(20)16-9-4-7-14(18)19/h3,5-6,11H,2,4,7-10H2,1H3,(H,18,19)(H2,16,17,20). The van der Waals surface area contributed by atoms with Crippen molar-refractivity contribution in [1.82, 2.24) is 10.6 Å². The van der Waals surface area contributed by atoms with Gasteiger partial charge in [0.1, 0.15) is 5.75 Å². The second-order valence-electron chi connectivity index (χ2n) is 4.51. The van der Waals surface area contributed by atoms with Crippen LogP contribution in [0.15, 0.2) is 24.3 Å². The summed E-state index contributed by atoms with van der Waals surface area (Å²) in [5.41, 5.74) is 1.09. The average Bonchev–Trinajstić information content (AvgIpc) is 2.44. The van der Waals surface area contributed by atoms with Crippen molar-refractivity contribution >= 4 is 12.0 Å². The molecular weight excluding hydrogens is 272 g/mol. The van der Waals surface area contributed by atoms with Gasteiger partial charge in [-0.15, -0.1) is 0 Å². The first-order valence-corrected chi connectivity index (χ1v) is 7.07. The Hall–Kier alpha value is -2.24. The summed E-state index contributed by atoms with van der Waals surface area (Å²) in [6.45, 7) is 3.43. The van der Waals surface area contributed by atoms with Gasteiger partial charge in [0, 0.05) is 19.5 Å². The number of carboxylic acid groups (broad SMARTS) is 1. The number of hydrogen-bond acceptors (Lipinski definition) is 3. The summed E-state index contributed by atoms with van der Waals surface area (Å²) < 4.78 is 5.41. The summed E-state index contributed by atoms with van der Waals surface area (Å²) in [5.74, 6) is -0.0282. The van der Waals surface area contributed by atoms with Crippen molar-refractivity contribution in [2.24, 2.45) is 0 Å². The summed E-state index contributed by atoms with van der Waals surface area (Å²) in [5, 5.41) is 13.8.